The van der Waals surface area contributed by atoms with Crippen molar-refractivity contribution in [1.82, 2.24) is 0 Å². The molecule has 1 unspecified atom stereocenters. The summed E-state index contributed by atoms with van der Waals surface area (Å²) in [5.41, 5.74) is 1.82. The van der Waals surface area contributed by atoms with Gasteiger partial charge in [0.15, 0.2) is 5.79 Å². The quantitative estimate of drug-likeness (QED) is 0.777. The van der Waals surface area contributed by atoms with Gasteiger partial charge in [-0.3, -0.25) is 4.79 Å². The van der Waals surface area contributed by atoms with Crippen molar-refractivity contribution in [1.29, 1.82) is 0 Å². The Morgan fingerprint density at radius 1 is 1.42 bits per heavy atom. The van der Waals surface area contributed by atoms with E-state index in [-0.39, 0.29) is 11.9 Å². The van der Waals surface area contributed by atoms with E-state index in [0.717, 1.165) is 30.6 Å². The number of ether oxygens (including phenoxy) is 3. The molecule has 6 heteroatoms. The minimum Gasteiger partial charge on any atom is -0.466 e. The smallest absolute Gasteiger partial charge is 0.313 e. The molecule has 2 saturated heterocycles. The van der Waals surface area contributed by atoms with Gasteiger partial charge in [-0.05, 0) is 38.0 Å². The third-order valence-corrected chi connectivity index (χ3v) is 4.99. The first-order chi connectivity index (χ1) is 11.5. The van der Waals surface area contributed by atoms with E-state index in [0.29, 0.717) is 31.4 Å². The fourth-order valence-electron chi connectivity index (χ4n) is 3.38. The predicted molar refractivity (Wildman–Crippen MR) is 92.6 cm³/mol. The van der Waals surface area contributed by atoms with Gasteiger partial charge in [0.25, 0.3) is 0 Å². The van der Waals surface area contributed by atoms with Crippen molar-refractivity contribution in [2.24, 2.45) is 0 Å². The zero-order chi connectivity index (χ0) is 17.2. The Labute approximate surface area is 147 Å². The third kappa shape index (κ3) is 3.53. The minimum absolute atomic E-state index is 0.231. The number of hydrogen-bond donors (Lipinski definition) is 0. The van der Waals surface area contributed by atoms with Crippen LogP contribution >= 0.6 is 11.6 Å². The van der Waals surface area contributed by atoms with E-state index in [2.05, 4.69) is 4.90 Å². The lowest BCUT2D eigenvalue weighted by atomic mass is 9.99. The van der Waals surface area contributed by atoms with Crippen molar-refractivity contribution in [3.8, 4) is 0 Å². The number of esters is 1. The molecule has 2 heterocycles. The highest BCUT2D eigenvalue weighted by Gasteiger charge is 2.41. The second-order valence-electron chi connectivity index (χ2n) is 6.32. The summed E-state index contributed by atoms with van der Waals surface area (Å²) >= 11 is 6.51. The van der Waals surface area contributed by atoms with Gasteiger partial charge in [-0.25, -0.2) is 0 Å². The number of rotatable bonds is 4. The monoisotopic (exact) mass is 353 g/mol. The Morgan fingerprint density at radius 3 is 2.83 bits per heavy atom. The van der Waals surface area contributed by atoms with Crippen LogP contribution in [0.3, 0.4) is 0 Å². The first-order valence-corrected chi connectivity index (χ1v) is 8.91. The van der Waals surface area contributed by atoms with E-state index < -0.39 is 5.79 Å². The molecule has 2 fully saturated rings. The van der Waals surface area contributed by atoms with Crippen LogP contribution in [0.1, 0.15) is 38.2 Å². The summed E-state index contributed by atoms with van der Waals surface area (Å²) in [7, 11) is 0. The first kappa shape index (κ1) is 17.5. The van der Waals surface area contributed by atoms with Crippen LogP contribution in [0, 0.1) is 0 Å². The molecule has 0 bridgehead atoms. The molecular formula is C18H24ClNO4. The number of piperidine rings is 1. The molecule has 24 heavy (non-hydrogen) atoms. The van der Waals surface area contributed by atoms with Crippen LogP contribution in [0.4, 0.5) is 5.69 Å². The number of carbonyl (C=O) groups excluding carboxylic acids is 1. The van der Waals surface area contributed by atoms with Crippen molar-refractivity contribution < 1.29 is 19.0 Å². The Bertz CT molecular complexity index is 601. The molecule has 0 saturated carbocycles. The number of carbonyl (C=O) groups is 1. The molecule has 0 amide bonds. The number of benzene rings is 1. The number of nitrogens with zero attached hydrogens (tertiary/aromatic N) is 1. The second-order valence-corrected chi connectivity index (χ2v) is 6.72. The zero-order valence-electron chi connectivity index (χ0n) is 14.2. The van der Waals surface area contributed by atoms with Crippen LogP contribution in [-0.4, -0.2) is 44.7 Å². The van der Waals surface area contributed by atoms with Gasteiger partial charge in [-0.2, -0.15) is 0 Å². The van der Waals surface area contributed by atoms with Gasteiger partial charge < -0.3 is 19.1 Å². The molecule has 0 radical (unpaired) electrons. The predicted octanol–water partition coefficient (Wildman–Crippen LogP) is 3.35. The number of anilines is 1. The van der Waals surface area contributed by atoms with Crippen molar-refractivity contribution >= 4 is 23.3 Å². The first-order valence-electron chi connectivity index (χ1n) is 8.53. The number of halogens is 1. The Balaban J connectivity index is 1.76. The molecule has 5 nitrogen and oxygen atoms in total. The summed E-state index contributed by atoms with van der Waals surface area (Å²) < 4.78 is 16.7. The molecule has 1 aromatic rings. The van der Waals surface area contributed by atoms with Gasteiger partial charge in [0.2, 0.25) is 0 Å². The maximum Gasteiger partial charge on any atom is 0.313 e. The molecule has 2 aliphatic heterocycles. The van der Waals surface area contributed by atoms with E-state index in [1.165, 1.54) is 0 Å². The molecule has 0 aromatic heterocycles. The lowest BCUT2D eigenvalue weighted by Gasteiger charge is -2.40. The van der Waals surface area contributed by atoms with Crippen molar-refractivity contribution in [2.45, 2.75) is 38.4 Å². The van der Waals surface area contributed by atoms with E-state index in [9.17, 15) is 4.79 Å². The van der Waals surface area contributed by atoms with Gasteiger partial charge in [0.05, 0.1) is 43.0 Å². The highest BCUT2D eigenvalue weighted by Crippen LogP contribution is 2.36. The van der Waals surface area contributed by atoms with Crippen LogP contribution in [-0.2, 0) is 19.0 Å². The average Bonchev–Trinajstić information content (AvgIpc) is 3.02. The summed E-state index contributed by atoms with van der Waals surface area (Å²) in [4.78, 5) is 14.1. The van der Waals surface area contributed by atoms with E-state index >= 15 is 0 Å². The van der Waals surface area contributed by atoms with Crippen molar-refractivity contribution in [3.05, 3.63) is 28.8 Å². The molecular weight excluding hydrogens is 330 g/mol. The zero-order valence-corrected chi connectivity index (χ0v) is 15.0. The molecule has 1 spiro atoms. The van der Waals surface area contributed by atoms with Crippen LogP contribution in [0.15, 0.2) is 18.2 Å². The highest BCUT2D eigenvalue weighted by atomic mass is 35.5. The van der Waals surface area contributed by atoms with Crippen LogP contribution in [0.25, 0.3) is 0 Å². The van der Waals surface area contributed by atoms with Crippen molar-refractivity contribution in [2.75, 3.05) is 37.8 Å². The fourth-order valence-corrected chi connectivity index (χ4v) is 3.69. The van der Waals surface area contributed by atoms with Crippen LogP contribution < -0.4 is 4.90 Å². The summed E-state index contributed by atoms with van der Waals surface area (Å²) in [6.07, 6.45) is 1.91. The molecule has 0 N–H and O–H groups in total. The Morgan fingerprint density at radius 2 is 2.17 bits per heavy atom. The molecule has 2 aliphatic rings. The van der Waals surface area contributed by atoms with E-state index in [1.807, 2.05) is 25.1 Å². The Hall–Kier alpha value is -1.30. The van der Waals surface area contributed by atoms with Crippen LogP contribution in [0.2, 0.25) is 5.02 Å². The standard InChI is InChI=1S/C18H24ClNO4/c1-3-22-17(21)13(2)14-5-6-16(15(19)11-14)20-8-4-7-18(12-20)23-9-10-24-18/h5-6,11,13H,3-4,7-10,12H2,1-2H3. The molecule has 3 rings (SSSR count). The average molecular weight is 354 g/mol. The minimum atomic E-state index is -0.488. The molecule has 1 atom stereocenters. The maximum absolute atomic E-state index is 11.9. The highest BCUT2D eigenvalue weighted by molar-refractivity contribution is 6.33. The molecule has 132 valence electrons. The SMILES string of the molecule is CCOC(=O)C(C)c1ccc(N2CCCC3(C2)OCCO3)c(Cl)c1. The molecule has 1 aromatic carbocycles. The van der Waals surface area contributed by atoms with Gasteiger partial charge in [-0.1, -0.05) is 17.7 Å². The second kappa shape index (κ2) is 7.30. The van der Waals surface area contributed by atoms with Gasteiger partial charge in [0.1, 0.15) is 0 Å². The Kier molecular flexibility index (Phi) is 5.33. The summed E-state index contributed by atoms with van der Waals surface area (Å²) in [5, 5.41) is 0.638. The molecule has 0 aliphatic carbocycles. The topological polar surface area (TPSA) is 48.0 Å². The normalized spacial score (nSPS) is 21.0. The van der Waals surface area contributed by atoms with E-state index in [1.54, 1.807) is 6.92 Å². The summed E-state index contributed by atoms with van der Waals surface area (Å²) in [5.74, 6) is -1.05. The van der Waals surface area contributed by atoms with Gasteiger partial charge in [0, 0.05) is 13.0 Å². The van der Waals surface area contributed by atoms with Gasteiger partial charge >= 0.3 is 5.97 Å². The lowest BCUT2D eigenvalue weighted by molar-refractivity contribution is -0.161. The van der Waals surface area contributed by atoms with Crippen LogP contribution in [0.5, 0.6) is 0 Å². The van der Waals surface area contributed by atoms with E-state index in [4.69, 9.17) is 25.8 Å². The summed E-state index contributed by atoms with van der Waals surface area (Å²) in [6.45, 7) is 6.92. The fraction of sp³-hybridized carbons (Fsp3) is 0.611. The maximum atomic E-state index is 11.9. The lowest BCUT2D eigenvalue weighted by Crippen LogP contribution is -2.49. The number of hydrogen-bond acceptors (Lipinski definition) is 5. The van der Waals surface area contributed by atoms with Gasteiger partial charge in [-0.15, -0.1) is 0 Å². The summed E-state index contributed by atoms with van der Waals surface area (Å²) in [6, 6.07) is 5.78. The van der Waals surface area contributed by atoms with Crippen molar-refractivity contribution in [3.63, 3.8) is 0 Å². The third-order valence-electron chi connectivity index (χ3n) is 4.68. The largest absolute Gasteiger partial charge is 0.466 e.